The molecule has 1 aromatic carbocycles. The van der Waals surface area contributed by atoms with E-state index in [4.69, 9.17) is 0 Å². The first-order valence-corrected chi connectivity index (χ1v) is 16.1. The van der Waals surface area contributed by atoms with Gasteiger partial charge in [0.1, 0.15) is 9.84 Å². The van der Waals surface area contributed by atoms with Gasteiger partial charge in [0.25, 0.3) is 0 Å². The minimum atomic E-state index is -2.80. The van der Waals surface area contributed by atoms with Crippen LogP contribution in [0.15, 0.2) is 36.4 Å². The number of sulfone groups is 1. The second-order valence-corrected chi connectivity index (χ2v) is 12.0. The van der Waals surface area contributed by atoms with Crippen LogP contribution in [0.3, 0.4) is 0 Å². The maximum atomic E-state index is 12.1. The SMILES string of the molecule is CCCCCCCCCCCCS(=O)(=O)CCCCCCCCCCCC.[Na+].c1ccccc1. The minimum Gasteiger partial charge on any atom is -0.229 e. The quantitative estimate of drug-likeness (QED) is 0.127. The molecule has 0 aromatic heterocycles. The van der Waals surface area contributed by atoms with Crippen LogP contribution in [0.5, 0.6) is 0 Å². The van der Waals surface area contributed by atoms with Gasteiger partial charge in [-0.05, 0) is 12.8 Å². The minimum absolute atomic E-state index is 0. The average molecular weight is 504 g/mol. The zero-order valence-electron chi connectivity index (χ0n) is 23.2. The third kappa shape index (κ3) is 30.2. The van der Waals surface area contributed by atoms with E-state index in [0.717, 1.165) is 25.7 Å². The van der Waals surface area contributed by atoms with E-state index in [0.29, 0.717) is 11.5 Å². The van der Waals surface area contributed by atoms with Crippen LogP contribution in [-0.2, 0) is 9.84 Å². The van der Waals surface area contributed by atoms with Crippen LogP contribution in [0.1, 0.15) is 142 Å². The predicted octanol–water partition coefficient (Wildman–Crippen LogP) is 6.93. The van der Waals surface area contributed by atoms with Crippen LogP contribution < -0.4 is 29.6 Å². The van der Waals surface area contributed by atoms with Gasteiger partial charge in [-0.2, -0.15) is 0 Å². The molecular formula is C30H56NaO2S+. The van der Waals surface area contributed by atoms with Gasteiger partial charge >= 0.3 is 29.6 Å². The molecule has 0 radical (unpaired) electrons. The van der Waals surface area contributed by atoms with Crippen LogP contribution in [-0.4, -0.2) is 19.9 Å². The second kappa shape index (κ2) is 29.4. The molecule has 0 N–H and O–H groups in total. The summed E-state index contributed by atoms with van der Waals surface area (Å²) < 4.78 is 24.2. The molecular weight excluding hydrogens is 447 g/mol. The van der Waals surface area contributed by atoms with Crippen molar-refractivity contribution in [2.45, 2.75) is 142 Å². The zero-order valence-corrected chi connectivity index (χ0v) is 26.1. The van der Waals surface area contributed by atoms with Gasteiger partial charge in [-0.3, -0.25) is 0 Å². The van der Waals surface area contributed by atoms with Crippen LogP contribution in [0.2, 0.25) is 0 Å². The Morgan fingerprint density at radius 3 is 0.824 bits per heavy atom. The molecule has 0 saturated carbocycles. The van der Waals surface area contributed by atoms with Gasteiger partial charge in [0.2, 0.25) is 0 Å². The molecule has 0 saturated heterocycles. The summed E-state index contributed by atoms with van der Waals surface area (Å²) in [6.07, 6.45) is 25.2. The van der Waals surface area contributed by atoms with Crippen molar-refractivity contribution in [3.8, 4) is 0 Å². The van der Waals surface area contributed by atoms with Crippen LogP contribution in [0, 0.1) is 0 Å². The van der Waals surface area contributed by atoms with Crippen molar-refractivity contribution in [3.63, 3.8) is 0 Å². The fourth-order valence-corrected chi connectivity index (χ4v) is 5.60. The van der Waals surface area contributed by atoms with E-state index in [1.54, 1.807) is 0 Å². The molecule has 2 nitrogen and oxygen atoms in total. The van der Waals surface area contributed by atoms with Crippen LogP contribution in [0.25, 0.3) is 0 Å². The third-order valence-corrected chi connectivity index (χ3v) is 8.11. The topological polar surface area (TPSA) is 34.1 Å². The Morgan fingerprint density at radius 1 is 0.382 bits per heavy atom. The average Bonchev–Trinajstić information content (AvgIpc) is 2.83. The summed E-state index contributed by atoms with van der Waals surface area (Å²) in [7, 11) is -2.80. The van der Waals surface area contributed by atoms with E-state index in [-0.39, 0.29) is 29.6 Å². The molecule has 0 unspecified atom stereocenters. The smallest absolute Gasteiger partial charge is 0.229 e. The summed E-state index contributed by atoms with van der Waals surface area (Å²) in [5.41, 5.74) is 0. The van der Waals surface area contributed by atoms with Gasteiger partial charge in [-0.25, -0.2) is 8.42 Å². The largest absolute Gasteiger partial charge is 1.00 e. The summed E-state index contributed by atoms with van der Waals surface area (Å²) in [4.78, 5) is 0. The van der Waals surface area contributed by atoms with Crippen molar-refractivity contribution >= 4 is 9.84 Å². The molecule has 0 spiro atoms. The normalized spacial score (nSPS) is 10.9. The van der Waals surface area contributed by atoms with E-state index in [9.17, 15) is 8.42 Å². The van der Waals surface area contributed by atoms with Gasteiger partial charge in [0, 0.05) is 0 Å². The first-order chi connectivity index (χ1) is 16.1. The van der Waals surface area contributed by atoms with E-state index < -0.39 is 9.84 Å². The molecule has 4 heteroatoms. The van der Waals surface area contributed by atoms with Crippen molar-refractivity contribution < 1.29 is 38.0 Å². The number of benzene rings is 1. The predicted molar refractivity (Wildman–Crippen MR) is 149 cm³/mol. The van der Waals surface area contributed by atoms with E-state index in [1.807, 2.05) is 36.4 Å². The first-order valence-electron chi connectivity index (χ1n) is 14.3. The Hall–Kier alpha value is 0.170. The second-order valence-electron chi connectivity index (χ2n) is 9.67. The molecule has 194 valence electrons. The molecule has 0 aliphatic carbocycles. The molecule has 0 aliphatic rings. The number of hydrogen-bond acceptors (Lipinski definition) is 2. The fraction of sp³-hybridized carbons (Fsp3) is 0.800. The Labute approximate surface area is 236 Å². The maximum Gasteiger partial charge on any atom is 1.00 e. The van der Waals surface area contributed by atoms with Crippen molar-refractivity contribution in [2.75, 3.05) is 11.5 Å². The van der Waals surface area contributed by atoms with Gasteiger partial charge in [-0.1, -0.05) is 166 Å². The molecule has 0 aliphatic heterocycles. The molecule has 0 fully saturated rings. The van der Waals surface area contributed by atoms with Crippen molar-refractivity contribution in [2.24, 2.45) is 0 Å². The molecule has 0 atom stereocenters. The summed E-state index contributed by atoms with van der Waals surface area (Å²) in [6, 6.07) is 12.0. The molecule has 34 heavy (non-hydrogen) atoms. The van der Waals surface area contributed by atoms with E-state index >= 15 is 0 Å². The summed E-state index contributed by atoms with van der Waals surface area (Å²) >= 11 is 0. The van der Waals surface area contributed by atoms with Gasteiger partial charge in [0.15, 0.2) is 0 Å². The summed E-state index contributed by atoms with van der Waals surface area (Å²) in [5, 5.41) is 0. The number of hydrogen-bond donors (Lipinski definition) is 0. The maximum absolute atomic E-state index is 12.1. The molecule has 0 amide bonds. The first kappa shape index (κ1) is 36.3. The van der Waals surface area contributed by atoms with E-state index in [1.165, 1.54) is 103 Å². The molecule has 0 heterocycles. The van der Waals surface area contributed by atoms with Gasteiger partial charge < -0.3 is 0 Å². The molecule has 1 rings (SSSR count). The molecule has 1 aromatic rings. The summed E-state index contributed by atoms with van der Waals surface area (Å²) in [6.45, 7) is 4.51. The van der Waals surface area contributed by atoms with Gasteiger partial charge in [0.05, 0.1) is 11.5 Å². The Kier molecular flexibility index (Phi) is 31.4. The zero-order chi connectivity index (χ0) is 24.3. The van der Waals surface area contributed by atoms with E-state index in [2.05, 4.69) is 13.8 Å². The standard InChI is InChI=1S/C24H50O2S.C6H6.Na/c1-3-5-7-9-11-13-15-17-19-21-23-27(25,26)24-22-20-18-16-14-12-10-8-6-4-2;1-2-4-6-5-3-1;/h3-24H2,1-2H3;1-6H;/q;;+1. The van der Waals surface area contributed by atoms with Crippen LogP contribution in [0.4, 0.5) is 0 Å². The van der Waals surface area contributed by atoms with Gasteiger partial charge in [-0.15, -0.1) is 0 Å². The van der Waals surface area contributed by atoms with Crippen molar-refractivity contribution in [1.82, 2.24) is 0 Å². The third-order valence-electron chi connectivity index (χ3n) is 6.28. The van der Waals surface area contributed by atoms with Crippen molar-refractivity contribution in [3.05, 3.63) is 36.4 Å². The Balaban J connectivity index is 0. The number of unbranched alkanes of at least 4 members (excludes halogenated alkanes) is 18. The van der Waals surface area contributed by atoms with Crippen molar-refractivity contribution in [1.29, 1.82) is 0 Å². The Morgan fingerprint density at radius 2 is 0.588 bits per heavy atom. The Bertz CT molecular complexity index is 518. The molecule has 0 bridgehead atoms. The fourth-order valence-electron chi connectivity index (χ4n) is 4.11. The summed E-state index contributed by atoms with van der Waals surface area (Å²) in [5.74, 6) is 0.835. The van der Waals surface area contributed by atoms with Crippen LogP contribution >= 0.6 is 0 Å². The number of rotatable bonds is 22. The monoisotopic (exact) mass is 503 g/mol.